The van der Waals surface area contributed by atoms with Gasteiger partial charge in [-0.25, -0.2) is 0 Å². The average Bonchev–Trinajstić information content (AvgIpc) is 3.26. The number of benzene rings is 2. The van der Waals surface area contributed by atoms with Crippen LogP contribution in [0.15, 0.2) is 54.6 Å². The smallest absolute Gasteiger partial charge is 0.0639 e. The van der Waals surface area contributed by atoms with E-state index in [0.29, 0.717) is 0 Å². The third kappa shape index (κ3) is 4.12. The van der Waals surface area contributed by atoms with Gasteiger partial charge in [0, 0.05) is 69.0 Å². The van der Waals surface area contributed by atoms with E-state index in [9.17, 15) is 0 Å². The van der Waals surface area contributed by atoms with Crippen molar-refractivity contribution in [2.45, 2.75) is 31.3 Å². The van der Waals surface area contributed by atoms with Gasteiger partial charge in [0.25, 0.3) is 0 Å². The molecule has 0 amide bonds. The van der Waals surface area contributed by atoms with Crippen molar-refractivity contribution >= 4 is 10.9 Å². The van der Waals surface area contributed by atoms with E-state index in [1.54, 1.807) is 5.56 Å². The number of nitrogens with one attached hydrogen (secondary N) is 1. The van der Waals surface area contributed by atoms with E-state index in [-0.39, 0.29) is 5.54 Å². The quantitative estimate of drug-likeness (QED) is 0.648. The zero-order valence-electron chi connectivity index (χ0n) is 19.6. The van der Waals surface area contributed by atoms with Crippen LogP contribution in [-0.2, 0) is 23.2 Å². The van der Waals surface area contributed by atoms with E-state index in [1.165, 1.54) is 35.0 Å². The molecule has 4 heterocycles. The van der Waals surface area contributed by atoms with Gasteiger partial charge in [0.1, 0.15) is 0 Å². The van der Waals surface area contributed by atoms with Crippen molar-refractivity contribution in [2.24, 2.45) is 0 Å². The minimum atomic E-state index is 0.131. The second-order valence-corrected chi connectivity index (χ2v) is 10.0. The van der Waals surface area contributed by atoms with Crippen LogP contribution in [0.1, 0.15) is 29.7 Å². The number of likely N-dealkylation sites (tertiary alicyclic amines) is 1. The molecule has 33 heavy (non-hydrogen) atoms. The zero-order valence-corrected chi connectivity index (χ0v) is 19.6. The normalized spacial score (nSPS) is 22.1. The lowest BCUT2D eigenvalue weighted by Crippen LogP contribution is -2.57. The molecule has 0 radical (unpaired) electrons. The summed E-state index contributed by atoms with van der Waals surface area (Å²) in [6, 6.07) is 19.9. The predicted octanol–water partition coefficient (Wildman–Crippen LogP) is 3.85. The molecule has 0 unspecified atom stereocenters. The second kappa shape index (κ2) is 9.22. The summed E-state index contributed by atoms with van der Waals surface area (Å²) in [5.41, 5.74) is 5.95. The Labute approximate surface area is 197 Å². The molecule has 6 rings (SSSR count). The van der Waals surface area contributed by atoms with E-state index < -0.39 is 0 Å². The molecule has 5 heteroatoms. The standard InChI is InChI=1S/C28H36N4O/c1-2-6-23(7-3-1)22-31-14-11-28(12-15-31)27-25(24-8-4-5-9-26(24)29-27)10-13-32(28)17-16-30-18-20-33-21-19-30/h1-9,29H,10-22H2. The van der Waals surface area contributed by atoms with Crippen LogP contribution in [0, 0.1) is 0 Å². The molecule has 2 aromatic carbocycles. The fourth-order valence-electron chi connectivity index (χ4n) is 6.38. The van der Waals surface area contributed by atoms with Gasteiger partial charge in [-0.1, -0.05) is 48.5 Å². The second-order valence-electron chi connectivity index (χ2n) is 10.0. The SMILES string of the molecule is c1ccc(CN2CCC3(CC2)c2[nH]c4ccccc4c2CCN3CCN2CCOCC2)cc1. The summed E-state index contributed by atoms with van der Waals surface area (Å²) in [6.45, 7) is 10.7. The van der Waals surface area contributed by atoms with E-state index in [1.807, 2.05) is 0 Å². The summed E-state index contributed by atoms with van der Waals surface area (Å²) in [6.07, 6.45) is 3.55. The largest absolute Gasteiger partial charge is 0.379 e. The maximum atomic E-state index is 5.58. The van der Waals surface area contributed by atoms with Gasteiger partial charge in [-0.2, -0.15) is 0 Å². The number of ether oxygens (including phenoxy) is 1. The Balaban J connectivity index is 1.26. The van der Waals surface area contributed by atoms with Gasteiger partial charge in [-0.15, -0.1) is 0 Å². The predicted molar refractivity (Wildman–Crippen MR) is 133 cm³/mol. The third-order valence-electron chi connectivity index (χ3n) is 8.24. The van der Waals surface area contributed by atoms with Crippen LogP contribution in [-0.4, -0.2) is 78.7 Å². The Morgan fingerprint density at radius 2 is 1.55 bits per heavy atom. The molecule has 3 aliphatic rings. The molecule has 2 fully saturated rings. The molecule has 2 saturated heterocycles. The number of hydrogen-bond donors (Lipinski definition) is 1. The molecule has 3 aromatic rings. The van der Waals surface area contributed by atoms with Gasteiger partial charge in [0.05, 0.1) is 18.8 Å². The highest BCUT2D eigenvalue weighted by Gasteiger charge is 2.46. The van der Waals surface area contributed by atoms with Gasteiger partial charge >= 0.3 is 0 Å². The monoisotopic (exact) mass is 444 g/mol. The van der Waals surface area contributed by atoms with Gasteiger partial charge in [0.15, 0.2) is 0 Å². The minimum Gasteiger partial charge on any atom is -0.379 e. The number of aromatic amines is 1. The summed E-state index contributed by atoms with van der Waals surface area (Å²) in [7, 11) is 0. The first-order valence-electron chi connectivity index (χ1n) is 12.7. The Morgan fingerprint density at radius 3 is 2.36 bits per heavy atom. The molecule has 1 N–H and O–H groups in total. The summed E-state index contributed by atoms with van der Waals surface area (Å²) in [5.74, 6) is 0. The number of piperidine rings is 1. The fraction of sp³-hybridized carbons (Fsp3) is 0.500. The van der Waals surface area contributed by atoms with Crippen LogP contribution in [0.3, 0.4) is 0 Å². The molecule has 3 aliphatic heterocycles. The number of H-pyrrole nitrogens is 1. The van der Waals surface area contributed by atoms with Crippen LogP contribution in [0.5, 0.6) is 0 Å². The molecule has 5 nitrogen and oxygen atoms in total. The van der Waals surface area contributed by atoms with Crippen LogP contribution in [0.2, 0.25) is 0 Å². The van der Waals surface area contributed by atoms with Crippen molar-refractivity contribution in [1.29, 1.82) is 0 Å². The average molecular weight is 445 g/mol. The first-order chi connectivity index (χ1) is 16.3. The molecule has 0 aliphatic carbocycles. The Hall–Kier alpha value is -2.18. The first-order valence-corrected chi connectivity index (χ1v) is 12.7. The molecule has 0 bridgehead atoms. The maximum Gasteiger partial charge on any atom is 0.0639 e. The highest BCUT2D eigenvalue weighted by Crippen LogP contribution is 2.45. The summed E-state index contributed by atoms with van der Waals surface area (Å²) in [4.78, 5) is 12.0. The molecular formula is C28H36N4O. The van der Waals surface area contributed by atoms with Crippen LogP contribution in [0.4, 0.5) is 0 Å². The molecule has 1 spiro atoms. The zero-order chi connectivity index (χ0) is 22.1. The minimum absolute atomic E-state index is 0.131. The van der Waals surface area contributed by atoms with Gasteiger partial charge in [-0.3, -0.25) is 14.7 Å². The Morgan fingerprint density at radius 1 is 0.788 bits per heavy atom. The number of morpholine rings is 1. The lowest BCUT2D eigenvalue weighted by Gasteiger charge is -2.52. The molecule has 1 aromatic heterocycles. The van der Waals surface area contributed by atoms with Gasteiger partial charge in [-0.05, 0) is 36.5 Å². The maximum absolute atomic E-state index is 5.58. The van der Waals surface area contributed by atoms with Crippen LogP contribution < -0.4 is 0 Å². The topological polar surface area (TPSA) is 34.7 Å². The number of aromatic nitrogens is 1. The Kier molecular flexibility index (Phi) is 5.97. The molecule has 174 valence electrons. The number of para-hydroxylation sites is 1. The van der Waals surface area contributed by atoms with Crippen molar-refractivity contribution in [3.63, 3.8) is 0 Å². The Bertz CT molecular complexity index is 1060. The molecule has 0 saturated carbocycles. The van der Waals surface area contributed by atoms with E-state index in [2.05, 4.69) is 74.3 Å². The lowest BCUT2D eigenvalue weighted by atomic mass is 9.77. The van der Waals surface area contributed by atoms with Crippen LogP contribution >= 0.6 is 0 Å². The van der Waals surface area contributed by atoms with E-state index >= 15 is 0 Å². The number of fused-ring (bicyclic) bond motifs is 4. The number of rotatable bonds is 5. The van der Waals surface area contributed by atoms with E-state index in [0.717, 1.165) is 72.0 Å². The lowest BCUT2D eigenvalue weighted by molar-refractivity contribution is -0.0126. The van der Waals surface area contributed by atoms with E-state index in [4.69, 9.17) is 4.74 Å². The highest BCUT2D eigenvalue weighted by molar-refractivity contribution is 5.85. The summed E-state index contributed by atoms with van der Waals surface area (Å²) < 4.78 is 5.58. The number of hydrogen-bond acceptors (Lipinski definition) is 4. The van der Waals surface area contributed by atoms with Gasteiger partial charge in [0.2, 0.25) is 0 Å². The molecular weight excluding hydrogens is 408 g/mol. The molecule has 0 atom stereocenters. The van der Waals surface area contributed by atoms with Gasteiger partial charge < -0.3 is 9.72 Å². The van der Waals surface area contributed by atoms with Crippen molar-refractivity contribution in [3.05, 3.63) is 71.4 Å². The van der Waals surface area contributed by atoms with Crippen molar-refractivity contribution in [1.82, 2.24) is 19.7 Å². The number of nitrogens with zero attached hydrogens (tertiary/aromatic N) is 3. The summed E-state index contributed by atoms with van der Waals surface area (Å²) in [5, 5.41) is 1.44. The first kappa shape index (κ1) is 21.4. The van der Waals surface area contributed by atoms with Crippen LogP contribution in [0.25, 0.3) is 10.9 Å². The third-order valence-corrected chi connectivity index (χ3v) is 8.24. The van der Waals surface area contributed by atoms with Crippen molar-refractivity contribution in [3.8, 4) is 0 Å². The summed E-state index contributed by atoms with van der Waals surface area (Å²) >= 11 is 0. The van der Waals surface area contributed by atoms with Crippen molar-refractivity contribution < 1.29 is 4.74 Å². The van der Waals surface area contributed by atoms with Crippen molar-refractivity contribution in [2.75, 3.05) is 59.0 Å². The highest BCUT2D eigenvalue weighted by atomic mass is 16.5. The fourth-order valence-corrected chi connectivity index (χ4v) is 6.38.